The molecule has 2 saturated carbocycles. The molecule has 14 nitrogen and oxygen atoms in total. The van der Waals surface area contributed by atoms with Gasteiger partial charge in [0.2, 0.25) is 17.7 Å². The first-order chi connectivity index (χ1) is 23.7. The quantitative estimate of drug-likeness (QED) is 0.321. The normalized spacial score (nSPS) is 28.6. The number of allylic oxidation sites excluding steroid dienone is 1. The summed E-state index contributed by atoms with van der Waals surface area (Å²) in [6.45, 7) is 0.0325. The van der Waals surface area contributed by atoms with Gasteiger partial charge in [-0.2, -0.15) is 4.98 Å². The summed E-state index contributed by atoms with van der Waals surface area (Å²) in [5.41, 5.74) is -0.757. The Morgan fingerprint density at radius 1 is 1.10 bits per heavy atom. The van der Waals surface area contributed by atoms with Crippen molar-refractivity contribution in [2.24, 2.45) is 13.0 Å². The van der Waals surface area contributed by atoms with Gasteiger partial charge < -0.3 is 34.7 Å². The molecule has 260 valence electrons. The Hall–Kier alpha value is -4.53. The summed E-state index contributed by atoms with van der Waals surface area (Å²) in [6.07, 6.45) is 13.2. The molecule has 2 aliphatic heterocycles. The predicted molar refractivity (Wildman–Crippen MR) is 179 cm³/mol. The molecule has 0 unspecified atom stereocenters. The number of ether oxygens (including phenoxy) is 2. The van der Waals surface area contributed by atoms with Gasteiger partial charge in [-0.1, -0.05) is 25.0 Å². The van der Waals surface area contributed by atoms with Crippen molar-refractivity contribution in [2.75, 3.05) is 6.54 Å². The molecule has 15 heteroatoms. The lowest BCUT2D eigenvalue weighted by Crippen LogP contribution is -2.56. The number of nitrogens with zero attached hydrogens (tertiary/aromatic N) is 5. The largest absolute Gasteiger partial charge is 0.479 e. The van der Waals surface area contributed by atoms with Gasteiger partial charge in [0, 0.05) is 31.8 Å². The number of rotatable bonds is 6. The molecule has 3 aromatic rings. The van der Waals surface area contributed by atoms with E-state index in [1.807, 2.05) is 30.6 Å². The molecule has 4 aliphatic rings. The summed E-state index contributed by atoms with van der Waals surface area (Å²) in [5, 5.41) is 17.7. The second-order valence-electron chi connectivity index (χ2n) is 13.5. The second kappa shape index (κ2) is 13.8. The van der Waals surface area contributed by atoms with Gasteiger partial charge in [-0.15, -0.1) is 11.3 Å². The molecule has 3 aromatic heterocycles. The fourth-order valence-electron chi connectivity index (χ4n) is 7.24. The first kappa shape index (κ1) is 33.0. The smallest absolute Gasteiger partial charge is 0.408 e. The average Bonchev–Trinajstić information content (AvgIpc) is 3.67. The molecule has 5 heterocycles. The third kappa shape index (κ3) is 6.85. The maximum absolute atomic E-state index is 14.4. The van der Waals surface area contributed by atoms with Gasteiger partial charge in [0.1, 0.15) is 34.5 Å². The lowest BCUT2D eigenvalue weighted by atomic mass is 10.0. The van der Waals surface area contributed by atoms with E-state index >= 15 is 0 Å². The zero-order valence-corrected chi connectivity index (χ0v) is 28.2. The maximum atomic E-state index is 14.4. The molecule has 3 fully saturated rings. The molecule has 49 heavy (non-hydrogen) atoms. The lowest BCUT2D eigenvalue weighted by Gasteiger charge is -2.29. The number of hydrogen-bond acceptors (Lipinski definition) is 10. The van der Waals surface area contributed by atoms with Crippen LogP contribution < -0.4 is 15.4 Å². The van der Waals surface area contributed by atoms with Crippen LogP contribution in [0.3, 0.4) is 0 Å². The Morgan fingerprint density at radius 2 is 1.92 bits per heavy atom. The molecule has 0 aromatic carbocycles. The molecule has 7 rings (SSSR count). The summed E-state index contributed by atoms with van der Waals surface area (Å²) in [4.78, 5) is 69.0. The third-order valence-electron chi connectivity index (χ3n) is 10.1. The summed E-state index contributed by atoms with van der Waals surface area (Å²) >= 11 is 1.41. The van der Waals surface area contributed by atoms with Crippen LogP contribution in [0.5, 0.6) is 5.88 Å². The second-order valence-corrected chi connectivity index (χ2v) is 14.4. The van der Waals surface area contributed by atoms with Crippen LogP contribution in [0, 0.1) is 5.92 Å². The van der Waals surface area contributed by atoms with Gasteiger partial charge in [0.25, 0.3) is 0 Å². The number of alkyl carbamates (subject to hydrolysis) is 1. The van der Waals surface area contributed by atoms with E-state index in [4.69, 9.17) is 14.5 Å². The number of carbonyl (C=O) groups is 4. The molecule has 0 bridgehead atoms. The Kier molecular flexibility index (Phi) is 9.27. The number of amides is 3. The number of aliphatic carboxylic acids is 1. The number of thiophene rings is 1. The highest BCUT2D eigenvalue weighted by Crippen LogP contribution is 2.45. The van der Waals surface area contributed by atoms with Crippen LogP contribution in [0.2, 0.25) is 0 Å². The van der Waals surface area contributed by atoms with E-state index in [9.17, 15) is 24.3 Å². The van der Waals surface area contributed by atoms with Crippen molar-refractivity contribution in [1.82, 2.24) is 35.1 Å². The topological polar surface area (TPSA) is 178 Å². The van der Waals surface area contributed by atoms with E-state index in [-0.39, 0.29) is 31.4 Å². The highest BCUT2D eigenvalue weighted by atomic mass is 32.1. The Labute approximate surface area is 287 Å². The van der Waals surface area contributed by atoms with E-state index in [0.717, 1.165) is 44.9 Å². The van der Waals surface area contributed by atoms with Crippen LogP contribution in [-0.4, -0.2) is 89.8 Å². The maximum Gasteiger partial charge on any atom is 0.408 e. The molecule has 1 saturated heterocycles. The minimum atomic E-state index is -1.43. The minimum absolute atomic E-state index is 0.0325. The number of fused-ring (bicyclic) bond motifs is 3. The van der Waals surface area contributed by atoms with E-state index in [2.05, 4.69) is 20.6 Å². The van der Waals surface area contributed by atoms with Gasteiger partial charge in [-0.3, -0.25) is 9.59 Å². The highest BCUT2D eigenvalue weighted by Gasteiger charge is 2.61. The predicted octanol–water partition coefficient (Wildman–Crippen LogP) is 3.96. The summed E-state index contributed by atoms with van der Waals surface area (Å²) in [5.74, 6) is -1.22. The number of carboxylic acid groups (broad SMARTS) is 1. The summed E-state index contributed by atoms with van der Waals surface area (Å²) in [6, 6.07) is -0.0960. The van der Waals surface area contributed by atoms with Crippen molar-refractivity contribution < 1.29 is 33.8 Å². The van der Waals surface area contributed by atoms with E-state index in [1.54, 1.807) is 17.0 Å². The highest BCUT2D eigenvalue weighted by molar-refractivity contribution is 7.17. The molecule has 3 amide bonds. The number of hydrogen-bond donors (Lipinski definition) is 3. The molecular formula is C34H41N7O7S. The first-order valence-electron chi connectivity index (χ1n) is 17.1. The van der Waals surface area contributed by atoms with Crippen LogP contribution in [0.4, 0.5) is 4.79 Å². The van der Waals surface area contributed by atoms with Gasteiger partial charge in [-0.05, 0) is 62.8 Å². The van der Waals surface area contributed by atoms with Crippen molar-refractivity contribution in [3.63, 3.8) is 0 Å². The standard InChI is InChI=1S/C34H41N7O7S/c1-40-15-14-35-28(40)27-36-23-13-16-49-26(23)30(38-27)47-22-17-25-29(42)39-34(32(44)45)18-20(34)9-5-3-2-4-6-12-24(31(43)41(25)19-22)37-33(46)48-21-10-7-8-11-21/h5,9,13-16,20-22,24-25H,2-4,6-8,10-12,17-19H2,1H3,(H,37,46)(H,39,42)(H,44,45)/b9-5-/t20-,22+,24-,25-,34+/m0/s1. The average molecular weight is 692 g/mol. The number of carbonyl (C=O) groups excluding carboxylic acids is 3. The Balaban J connectivity index is 1.18. The number of nitrogens with one attached hydrogen (secondary N) is 2. The molecule has 2 aliphatic carbocycles. The molecule has 0 radical (unpaired) electrons. The summed E-state index contributed by atoms with van der Waals surface area (Å²) < 4.78 is 14.6. The van der Waals surface area contributed by atoms with E-state index in [1.165, 1.54) is 16.2 Å². The molecule has 5 atom stereocenters. The van der Waals surface area contributed by atoms with Crippen LogP contribution in [0.15, 0.2) is 36.0 Å². The third-order valence-corrected chi connectivity index (χ3v) is 11.0. The number of aromatic nitrogens is 4. The monoisotopic (exact) mass is 691 g/mol. The zero-order chi connectivity index (χ0) is 34.1. The number of carboxylic acids is 1. The van der Waals surface area contributed by atoms with Gasteiger partial charge in [0.05, 0.1) is 12.1 Å². The van der Waals surface area contributed by atoms with E-state index < -0.39 is 47.6 Å². The number of imidazole rings is 1. The van der Waals surface area contributed by atoms with E-state index in [0.29, 0.717) is 40.6 Å². The molecule has 3 N–H and O–H groups in total. The van der Waals surface area contributed by atoms with Crippen LogP contribution in [0.1, 0.15) is 70.6 Å². The summed E-state index contributed by atoms with van der Waals surface area (Å²) in [7, 11) is 1.84. The zero-order valence-electron chi connectivity index (χ0n) is 27.4. The SMILES string of the molecule is Cn1ccnc1-c1nc(O[C@@H]2C[C@H]3C(=O)N[C@]4(C(=O)O)C[C@@H]4/C=C\CCCCC[C@H](NC(=O)OC4CCCC4)C(=O)N3C2)c2sccc2n1. The van der Waals surface area contributed by atoms with Gasteiger partial charge in [0.15, 0.2) is 11.6 Å². The van der Waals surface area contributed by atoms with Crippen molar-refractivity contribution in [1.29, 1.82) is 0 Å². The van der Waals surface area contributed by atoms with Gasteiger partial charge >= 0.3 is 12.1 Å². The fourth-order valence-corrected chi connectivity index (χ4v) is 8.00. The lowest BCUT2D eigenvalue weighted by molar-refractivity contribution is -0.145. The van der Waals surface area contributed by atoms with Crippen molar-refractivity contribution >= 4 is 45.4 Å². The first-order valence-corrected chi connectivity index (χ1v) is 18.0. The Bertz CT molecular complexity index is 1770. The molecular weight excluding hydrogens is 650 g/mol. The van der Waals surface area contributed by atoms with Crippen LogP contribution in [0.25, 0.3) is 21.9 Å². The van der Waals surface area contributed by atoms with Crippen molar-refractivity contribution in [2.45, 2.75) is 100 Å². The van der Waals surface area contributed by atoms with Crippen molar-refractivity contribution in [3.8, 4) is 17.5 Å². The Morgan fingerprint density at radius 3 is 2.69 bits per heavy atom. The fraction of sp³-hybridized carbons (Fsp3) is 0.559. The van der Waals surface area contributed by atoms with Crippen LogP contribution in [-0.2, 0) is 26.2 Å². The van der Waals surface area contributed by atoms with Gasteiger partial charge in [-0.25, -0.2) is 19.6 Å². The number of aryl methyl sites for hydroxylation is 1. The molecule has 0 spiro atoms. The van der Waals surface area contributed by atoms with Crippen molar-refractivity contribution in [3.05, 3.63) is 36.0 Å². The van der Waals surface area contributed by atoms with Crippen LogP contribution >= 0.6 is 11.3 Å². The minimum Gasteiger partial charge on any atom is -0.479 e.